The van der Waals surface area contributed by atoms with Gasteiger partial charge in [0.05, 0.1) is 11.8 Å². The molecular weight excluding hydrogens is 270 g/mol. The molecule has 1 unspecified atom stereocenters. The number of amides is 1. The number of aliphatic hydroxyl groups is 1. The number of β-amino-alcohol motifs (C(OH)–C–C–N with tert-alkyl or cyclic N) is 1. The molecule has 2 heterocycles. The summed E-state index contributed by atoms with van der Waals surface area (Å²) in [5.74, 6) is -0.0164. The van der Waals surface area contributed by atoms with E-state index in [0.29, 0.717) is 25.3 Å². The molecule has 0 saturated carbocycles. The van der Waals surface area contributed by atoms with Crippen molar-refractivity contribution in [3.05, 3.63) is 11.9 Å². The summed E-state index contributed by atoms with van der Waals surface area (Å²) in [6.07, 6.45) is 1.53. The third-order valence-electron chi connectivity index (χ3n) is 3.72. The fourth-order valence-electron chi connectivity index (χ4n) is 2.83. The molecule has 7 heteroatoms. The highest BCUT2D eigenvalue weighted by Crippen LogP contribution is 2.15. The maximum absolute atomic E-state index is 12.6. The number of carbonyl (C=O) groups is 1. The Kier molecular flexibility index (Phi) is 4.63. The van der Waals surface area contributed by atoms with Gasteiger partial charge in [-0.3, -0.25) is 9.69 Å². The summed E-state index contributed by atoms with van der Waals surface area (Å²) in [6.45, 7) is 11.0. The summed E-state index contributed by atoms with van der Waals surface area (Å²) in [5.41, 5.74) is -0.170. The van der Waals surface area contributed by atoms with E-state index in [1.165, 1.54) is 6.20 Å². The molecule has 0 aliphatic carbocycles. The van der Waals surface area contributed by atoms with Crippen molar-refractivity contribution in [2.45, 2.75) is 45.9 Å². The first-order chi connectivity index (χ1) is 9.81. The minimum absolute atomic E-state index is 0.0164. The molecule has 1 N–H and O–H groups in total. The lowest BCUT2D eigenvalue weighted by Crippen LogP contribution is -2.56. The number of nitrogens with zero attached hydrogens (tertiary/aromatic N) is 5. The number of rotatable bonds is 4. The van der Waals surface area contributed by atoms with Gasteiger partial charge >= 0.3 is 0 Å². The van der Waals surface area contributed by atoms with Crippen LogP contribution >= 0.6 is 0 Å². The van der Waals surface area contributed by atoms with Crippen molar-refractivity contribution in [1.82, 2.24) is 24.8 Å². The third kappa shape index (κ3) is 3.79. The summed E-state index contributed by atoms with van der Waals surface area (Å²) in [7, 11) is 0. The molecule has 1 amide bonds. The Bertz CT molecular complexity index is 494. The van der Waals surface area contributed by atoms with E-state index in [4.69, 9.17) is 0 Å². The first-order valence-corrected chi connectivity index (χ1v) is 7.46. The maximum atomic E-state index is 12.6. The molecule has 1 fully saturated rings. The second-order valence-corrected chi connectivity index (χ2v) is 6.33. The van der Waals surface area contributed by atoms with Gasteiger partial charge in [0.25, 0.3) is 5.91 Å². The maximum Gasteiger partial charge on any atom is 0.274 e. The van der Waals surface area contributed by atoms with Gasteiger partial charge in [0.15, 0.2) is 0 Å². The molecule has 0 aromatic carbocycles. The van der Waals surface area contributed by atoms with Gasteiger partial charge in [0, 0.05) is 38.8 Å². The standard InChI is InChI=1S/C14H25N5O2/c1-5-19-12(8-15-16-19)13(20)18-7-6-17(9-11(18)2)10-14(3,4)21/h8,11,21H,5-7,9-10H2,1-4H3. The average Bonchev–Trinajstić information content (AvgIpc) is 2.84. The third-order valence-corrected chi connectivity index (χ3v) is 3.72. The van der Waals surface area contributed by atoms with E-state index in [1.54, 1.807) is 18.5 Å². The lowest BCUT2D eigenvalue weighted by Gasteiger charge is -2.41. The van der Waals surface area contributed by atoms with Crippen LogP contribution in [-0.2, 0) is 6.54 Å². The van der Waals surface area contributed by atoms with Gasteiger partial charge in [0.1, 0.15) is 5.69 Å². The molecule has 1 aromatic heterocycles. The van der Waals surface area contributed by atoms with Gasteiger partial charge in [-0.05, 0) is 27.7 Å². The summed E-state index contributed by atoms with van der Waals surface area (Å²) < 4.78 is 1.62. The summed E-state index contributed by atoms with van der Waals surface area (Å²) in [5, 5.41) is 17.6. The number of piperazine rings is 1. The fraction of sp³-hybridized carbons (Fsp3) is 0.786. The lowest BCUT2D eigenvalue weighted by atomic mass is 10.1. The second-order valence-electron chi connectivity index (χ2n) is 6.33. The van der Waals surface area contributed by atoms with E-state index < -0.39 is 5.60 Å². The van der Waals surface area contributed by atoms with Gasteiger partial charge < -0.3 is 10.0 Å². The van der Waals surface area contributed by atoms with Crippen molar-refractivity contribution >= 4 is 5.91 Å². The van der Waals surface area contributed by atoms with Gasteiger partial charge in [-0.2, -0.15) is 0 Å². The molecule has 1 atom stereocenters. The highest BCUT2D eigenvalue weighted by atomic mass is 16.3. The average molecular weight is 295 g/mol. The predicted octanol–water partition coefficient (Wildman–Crippen LogP) is 0.215. The van der Waals surface area contributed by atoms with E-state index in [1.807, 2.05) is 18.7 Å². The number of hydrogen-bond donors (Lipinski definition) is 1. The molecule has 0 bridgehead atoms. The fourth-order valence-corrected chi connectivity index (χ4v) is 2.83. The predicted molar refractivity (Wildman–Crippen MR) is 78.9 cm³/mol. The summed E-state index contributed by atoms with van der Waals surface area (Å²) in [6, 6.07) is 0.105. The monoisotopic (exact) mass is 295 g/mol. The molecule has 0 spiro atoms. The first kappa shape index (κ1) is 15.9. The van der Waals surface area contributed by atoms with Crippen molar-refractivity contribution in [3.8, 4) is 0 Å². The normalized spacial score (nSPS) is 20.8. The minimum Gasteiger partial charge on any atom is -0.389 e. The molecule has 2 rings (SSSR count). The number of hydrogen-bond acceptors (Lipinski definition) is 5. The van der Waals surface area contributed by atoms with Crippen LogP contribution in [0.2, 0.25) is 0 Å². The Morgan fingerprint density at radius 3 is 2.76 bits per heavy atom. The summed E-state index contributed by atoms with van der Waals surface area (Å²) >= 11 is 0. The van der Waals surface area contributed by atoms with Crippen LogP contribution in [0, 0.1) is 0 Å². The van der Waals surface area contributed by atoms with Crippen molar-refractivity contribution in [1.29, 1.82) is 0 Å². The number of aromatic nitrogens is 3. The molecule has 118 valence electrons. The van der Waals surface area contributed by atoms with Crippen LogP contribution in [0.5, 0.6) is 0 Å². The second kappa shape index (κ2) is 6.11. The zero-order valence-electron chi connectivity index (χ0n) is 13.3. The smallest absolute Gasteiger partial charge is 0.274 e. The number of aryl methyl sites for hydroxylation is 1. The molecule has 7 nitrogen and oxygen atoms in total. The van der Waals surface area contributed by atoms with Gasteiger partial charge in [0.2, 0.25) is 0 Å². The molecule has 0 radical (unpaired) electrons. The Labute approximate surface area is 125 Å². The summed E-state index contributed by atoms with van der Waals surface area (Å²) in [4.78, 5) is 16.7. The van der Waals surface area contributed by atoms with Crippen LogP contribution in [0.1, 0.15) is 38.2 Å². The zero-order chi connectivity index (χ0) is 15.6. The van der Waals surface area contributed by atoms with E-state index in [-0.39, 0.29) is 11.9 Å². The van der Waals surface area contributed by atoms with E-state index in [0.717, 1.165) is 13.1 Å². The molecule has 1 aromatic rings. The van der Waals surface area contributed by atoms with Gasteiger partial charge in [-0.25, -0.2) is 4.68 Å². The van der Waals surface area contributed by atoms with Crippen molar-refractivity contribution < 1.29 is 9.90 Å². The topological polar surface area (TPSA) is 74.5 Å². The van der Waals surface area contributed by atoms with Crippen LogP contribution in [0.15, 0.2) is 6.20 Å². The number of carbonyl (C=O) groups excluding carboxylic acids is 1. The van der Waals surface area contributed by atoms with Crippen LogP contribution in [-0.4, -0.2) is 73.6 Å². The van der Waals surface area contributed by atoms with Crippen LogP contribution in [0.25, 0.3) is 0 Å². The van der Waals surface area contributed by atoms with E-state index in [2.05, 4.69) is 15.2 Å². The highest BCUT2D eigenvalue weighted by molar-refractivity contribution is 5.92. The van der Waals surface area contributed by atoms with Crippen molar-refractivity contribution in [2.24, 2.45) is 0 Å². The molecule has 1 aliphatic heterocycles. The molecule has 21 heavy (non-hydrogen) atoms. The largest absolute Gasteiger partial charge is 0.389 e. The van der Waals surface area contributed by atoms with Gasteiger partial charge in [-0.1, -0.05) is 5.21 Å². The van der Waals surface area contributed by atoms with E-state index >= 15 is 0 Å². The minimum atomic E-state index is -0.712. The Morgan fingerprint density at radius 2 is 2.19 bits per heavy atom. The lowest BCUT2D eigenvalue weighted by molar-refractivity contribution is 0.00545. The Balaban J connectivity index is 2.02. The van der Waals surface area contributed by atoms with Crippen LogP contribution in [0.3, 0.4) is 0 Å². The highest BCUT2D eigenvalue weighted by Gasteiger charge is 2.31. The van der Waals surface area contributed by atoms with Crippen molar-refractivity contribution in [2.75, 3.05) is 26.2 Å². The molecular formula is C14H25N5O2. The zero-order valence-corrected chi connectivity index (χ0v) is 13.3. The SMILES string of the molecule is CCn1nncc1C(=O)N1CCN(CC(C)(C)O)CC1C. The van der Waals surface area contributed by atoms with E-state index in [9.17, 15) is 9.90 Å². The Hall–Kier alpha value is -1.47. The van der Waals surface area contributed by atoms with Crippen molar-refractivity contribution in [3.63, 3.8) is 0 Å². The van der Waals surface area contributed by atoms with Crippen LogP contribution < -0.4 is 0 Å². The van der Waals surface area contributed by atoms with Crippen LogP contribution in [0.4, 0.5) is 0 Å². The molecule has 1 saturated heterocycles. The first-order valence-electron chi connectivity index (χ1n) is 7.46. The molecule has 1 aliphatic rings. The Morgan fingerprint density at radius 1 is 1.48 bits per heavy atom. The van der Waals surface area contributed by atoms with Gasteiger partial charge in [-0.15, -0.1) is 5.10 Å². The quantitative estimate of drug-likeness (QED) is 0.860.